The number of anilines is 1. The predicted octanol–water partition coefficient (Wildman–Crippen LogP) is 2.76. The minimum atomic E-state index is -1.63. The Hall–Kier alpha value is -2.71. The Labute approximate surface area is 188 Å². The van der Waals surface area contributed by atoms with E-state index in [4.69, 9.17) is 9.26 Å². The quantitative estimate of drug-likeness (QED) is 0.505. The van der Waals surface area contributed by atoms with E-state index in [1.54, 1.807) is 25.1 Å². The zero-order valence-corrected chi connectivity index (χ0v) is 18.8. The summed E-state index contributed by atoms with van der Waals surface area (Å²) in [6.45, 7) is 3.23. The Morgan fingerprint density at radius 3 is 2.62 bits per heavy atom. The van der Waals surface area contributed by atoms with Crippen LogP contribution in [0.15, 0.2) is 40.9 Å². The third-order valence-electron chi connectivity index (χ3n) is 6.80. The molecule has 4 rings (SSSR count). The molecule has 2 N–H and O–H groups in total. The van der Waals surface area contributed by atoms with Gasteiger partial charge in [0.25, 0.3) is 5.91 Å². The smallest absolute Gasteiger partial charge is 0.343 e. The lowest BCUT2D eigenvalue weighted by atomic mass is 9.80. The zero-order valence-electron chi connectivity index (χ0n) is 18.8. The van der Waals surface area contributed by atoms with E-state index in [9.17, 15) is 14.7 Å². The van der Waals surface area contributed by atoms with Crippen molar-refractivity contribution in [2.75, 3.05) is 32.0 Å². The lowest BCUT2D eigenvalue weighted by Gasteiger charge is -2.33. The second-order valence-electron chi connectivity index (χ2n) is 9.48. The molecule has 1 saturated heterocycles. The van der Waals surface area contributed by atoms with Crippen LogP contribution in [-0.4, -0.2) is 59.4 Å². The number of ether oxygens (including phenoxy) is 1. The average molecular weight is 443 g/mol. The maximum Gasteiger partial charge on any atom is 0.343 e. The van der Waals surface area contributed by atoms with Crippen molar-refractivity contribution in [2.24, 2.45) is 5.92 Å². The summed E-state index contributed by atoms with van der Waals surface area (Å²) in [5.74, 6) is 0.139. The molecule has 0 radical (unpaired) electrons. The molecule has 1 aliphatic heterocycles. The van der Waals surface area contributed by atoms with E-state index >= 15 is 0 Å². The predicted molar refractivity (Wildman–Crippen MR) is 117 cm³/mol. The second kappa shape index (κ2) is 9.03. The Kier molecular flexibility index (Phi) is 6.35. The molecule has 32 heavy (non-hydrogen) atoms. The van der Waals surface area contributed by atoms with Gasteiger partial charge in [-0.1, -0.05) is 48.3 Å². The minimum absolute atomic E-state index is 0.142. The lowest BCUT2D eigenvalue weighted by molar-refractivity contribution is -0.890. The van der Waals surface area contributed by atoms with Gasteiger partial charge in [-0.05, 0) is 25.3 Å². The molecule has 1 aromatic carbocycles. The lowest BCUT2D eigenvalue weighted by Crippen LogP contribution is -2.49. The van der Waals surface area contributed by atoms with Crippen LogP contribution in [0.2, 0.25) is 0 Å². The van der Waals surface area contributed by atoms with Crippen molar-refractivity contribution in [2.45, 2.75) is 50.7 Å². The van der Waals surface area contributed by atoms with Crippen LogP contribution in [0.3, 0.4) is 0 Å². The normalized spacial score (nSPS) is 25.4. The summed E-state index contributed by atoms with van der Waals surface area (Å²) < 4.78 is 11.3. The molecule has 8 heteroatoms. The molecule has 0 spiro atoms. The summed E-state index contributed by atoms with van der Waals surface area (Å²) in [5.41, 5.74) is -1.04. The van der Waals surface area contributed by atoms with Crippen molar-refractivity contribution in [1.29, 1.82) is 0 Å². The van der Waals surface area contributed by atoms with E-state index in [1.165, 1.54) is 0 Å². The molecule has 3 atom stereocenters. The number of carbonyl (C=O) groups excluding carboxylic acids is 2. The Morgan fingerprint density at radius 1 is 1.25 bits per heavy atom. The molecule has 2 fully saturated rings. The van der Waals surface area contributed by atoms with Crippen LogP contribution in [-0.2, 0) is 19.9 Å². The van der Waals surface area contributed by atoms with Gasteiger partial charge >= 0.3 is 5.97 Å². The van der Waals surface area contributed by atoms with Gasteiger partial charge in [-0.3, -0.25) is 4.79 Å². The molecule has 0 bridgehead atoms. The second-order valence-corrected chi connectivity index (χ2v) is 9.48. The number of likely N-dealkylation sites (tertiary alicyclic amines) is 1. The fraction of sp³-hybridized carbons (Fsp3) is 0.542. The van der Waals surface area contributed by atoms with E-state index in [0.29, 0.717) is 41.1 Å². The van der Waals surface area contributed by atoms with Gasteiger partial charge in [0, 0.05) is 18.4 Å². The van der Waals surface area contributed by atoms with Gasteiger partial charge in [0.1, 0.15) is 12.3 Å². The molecular formula is C24H32N3O5+. The van der Waals surface area contributed by atoms with Crippen LogP contribution in [0, 0.1) is 12.8 Å². The Bertz CT molecular complexity index is 956. The first kappa shape index (κ1) is 22.5. The van der Waals surface area contributed by atoms with E-state index < -0.39 is 11.6 Å². The van der Waals surface area contributed by atoms with E-state index in [0.717, 1.165) is 25.7 Å². The largest absolute Gasteiger partial charge is 0.454 e. The number of carbonyl (C=O) groups is 2. The van der Waals surface area contributed by atoms with Crippen LogP contribution >= 0.6 is 0 Å². The van der Waals surface area contributed by atoms with Crippen molar-refractivity contribution < 1.29 is 28.4 Å². The van der Waals surface area contributed by atoms with Gasteiger partial charge in [-0.25, -0.2) is 4.79 Å². The molecule has 8 nitrogen and oxygen atoms in total. The van der Waals surface area contributed by atoms with Gasteiger partial charge in [0.15, 0.2) is 24.1 Å². The number of aryl methyl sites for hydroxylation is 1. The van der Waals surface area contributed by atoms with E-state index in [-0.39, 0.29) is 24.5 Å². The van der Waals surface area contributed by atoms with E-state index in [1.807, 2.05) is 25.2 Å². The first-order valence-corrected chi connectivity index (χ1v) is 11.3. The number of esters is 1. The summed E-state index contributed by atoms with van der Waals surface area (Å²) in [6.07, 6.45) is 3.93. The number of nitrogens with zero attached hydrogens (tertiary/aromatic N) is 2. The fourth-order valence-corrected chi connectivity index (χ4v) is 5.12. The highest BCUT2D eigenvalue weighted by molar-refractivity contribution is 5.90. The molecule has 2 aliphatic rings. The molecule has 1 saturated carbocycles. The maximum absolute atomic E-state index is 13.3. The molecular weight excluding hydrogens is 410 g/mol. The molecule has 2 heterocycles. The van der Waals surface area contributed by atoms with E-state index in [2.05, 4.69) is 10.5 Å². The number of aromatic nitrogens is 1. The van der Waals surface area contributed by atoms with Crippen LogP contribution in [0.4, 0.5) is 5.82 Å². The van der Waals surface area contributed by atoms with Crippen molar-refractivity contribution in [3.05, 3.63) is 47.7 Å². The highest BCUT2D eigenvalue weighted by Gasteiger charge is 2.50. The number of amides is 1. The third-order valence-corrected chi connectivity index (χ3v) is 6.80. The summed E-state index contributed by atoms with van der Waals surface area (Å²) in [5, 5.41) is 18.1. The number of likely N-dealkylation sites (N-methyl/N-ethyl adjacent to an activating group) is 1. The number of benzene rings is 1. The summed E-state index contributed by atoms with van der Waals surface area (Å²) >= 11 is 0. The SMILES string of the molecule is Cc1cc(NC(=O)C[N+]2(C)CC[C@@H](OC(=O)C(O)(c3ccccc3)C3CCCC3)C2)no1. The molecule has 1 amide bonds. The van der Waals surface area contributed by atoms with Gasteiger partial charge in [-0.15, -0.1) is 0 Å². The van der Waals surface area contributed by atoms with Gasteiger partial charge < -0.3 is 24.2 Å². The number of nitrogens with one attached hydrogen (secondary N) is 1. The number of rotatable bonds is 7. The fourth-order valence-electron chi connectivity index (χ4n) is 5.12. The number of hydrogen-bond acceptors (Lipinski definition) is 6. The highest BCUT2D eigenvalue weighted by atomic mass is 16.6. The summed E-state index contributed by atoms with van der Waals surface area (Å²) in [6, 6.07) is 10.8. The monoisotopic (exact) mass is 442 g/mol. The van der Waals surface area contributed by atoms with Gasteiger partial charge in [0.2, 0.25) is 0 Å². The van der Waals surface area contributed by atoms with Crippen molar-refractivity contribution in [3.63, 3.8) is 0 Å². The topological polar surface area (TPSA) is 102 Å². The Balaban J connectivity index is 1.40. The van der Waals surface area contributed by atoms with Crippen molar-refractivity contribution >= 4 is 17.7 Å². The molecule has 1 aromatic heterocycles. The average Bonchev–Trinajstić information content (AvgIpc) is 3.50. The van der Waals surface area contributed by atoms with Crippen molar-refractivity contribution in [3.8, 4) is 0 Å². The van der Waals surface area contributed by atoms with Crippen LogP contribution in [0.1, 0.15) is 43.4 Å². The van der Waals surface area contributed by atoms with Gasteiger partial charge in [-0.2, -0.15) is 0 Å². The maximum atomic E-state index is 13.3. The zero-order chi connectivity index (χ0) is 22.8. The number of aliphatic hydroxyl groups is 1. The molecule has 2 aromatic rings. The molecule has 1 aliphatic carbocycles. The van der Waals surface area contributed by atoms with Crippen LogP contribution < -0.4 is 5.32 Å². The highest BCUT2D eigenvalue weighted by Crippen LogP contribution is 2.42. The molecule has 2 unspecified atom stereocenters. The number of quaternary nitrogens is 1. The standard InChI is InChI=1S/C24H31N3O5/c1-17-14-21(26-32-17)25-22(28)16-27(2)13-12-20(15-27)31-23(29)24(30,19-10-6-7-11-19)18-8-4-3-5-9-18/h3-5,8-9,14,19-20,30H,6-7,10-13,15-16H2,1-2H3/p+1/t20-,24?,27?/m1/s1. The Morgan fingerprint density at radius 2 is 1.97 bits per heavy atom. The molecule has 172 valence electrons. The summed E-state index contributed by atoms with van der Waals surface area (Å²) in [4.78, 5) is 25.8. The van der Waals surface area contributed by atoms with Gasteiger partial charge in [0.05, 0.1) is 13.6 Å². The van der Waals surface area contributed by atoms with Crippen LogP contribution in [0.25, 0.3) is 0 Å². The first-order chi connectivity index (χ1) is 15.3. The van der Waals surface area contributed by atoms with Crippen molar-refractivity contribution in [1.82, 2.24) is 5.16 Å². The number of hydrogen-bond donors (Lipinski definition) is 2. The summed E-state index contributed by atoms with van der Waals surface area (Å²) in [7, 11) is 1.97. The first-order valence-electron chi connectivity index (χ1n) is 11.3. The third kappa shape index (κ3) is 4.71. The minimum Gasteiger partial charge on any atom is -0.454 e. The van der Waals surface area contributed by atoms with Crippen LogP contribution in [0.5, 0.6) is 0 Å².